The molecule has 0 unspecified atom stereocenters. The number of carboxylic acids is 1. The van der Waals surface area contributed by atoms with Crippen molar-refractivity contribution in [2.45, 2.75) is 13.3 Å². The van der Waals surface area contributed by atoms with Gasteiger partial charge < -0.3 is 16.2 Å². The van der Waals surface area contributed by atoms with E-state index >= 15 is 0 Å². The summed E-state index contributed by atoms with van der Waals surface area (Å²) in [6.45, 7) is 1.78. The molecule has 6 nitrogen and oxygen atoms in total. The molecule has 0 fully saturated rings. The molecule has 0 aliphatic heterocycles. The van der Waals surface area contributed by atoms with Crippen molar-refractivity contribution in [3.8, 4) is 0 Å². The molecule has 0 atom stereocenters. The third kappa shape index (κ3) is 3.21. The molecule has 15 heavy (non-hydrogen) atoms. The first-order valence-electron chi connectivity index (χ1n) is 4.23. The van der Waals surface area contributed by atoms with Crippen LogP contribution in [0.3, 0.4) is 0 Å². The van der Waals surface area contributed by atoms with Gasteiger partial charge in [0, 0.05) is 6.54 Å². The van der Waals surface area contributed by atoms with E-state index in [9.17, 15) is 9.59 Å². The Morgan fingerprint density at radius 2 is 2.27 bits per heavy atom. The van der Waals surface area contributed by atoms with Crippen LogP contribution in [0.5, 0.6) is 0 Å². The number of aryl methyl sites for hydroxylation is 1. The maximum Gasteiger partial charge on any atom is 0.305 e. The number of nitrogens with zero attached hydrogens (tertiary/aromatic N) is 1. The van der Waals surface area contributed by atoms with E-state index in [2.05, 4.69) is 10.3 Å². The molecule has 1 aromatic heterocycles. The van der Waals surface area contributed by atoms with Crippen LogP contribution in [-0.4, -0.2) is 28.5 Å². The molecular formula is C8H11N3O3S. The maximum atomic E-state index is 11.5. The fourth-order valence-electron chi connectivity index (χ4n) is 0.991. The van der Waals surface area contributed by atoms with Crippen molar-refractivity contribution in [3.05, 3.63) is 10.6 Å². The van der Waals surface area contributed by atoms with E-state index < -0.39 is 5.97 Å². The average Bonchev–Trinajstić information content (AvgIpc) is 2.44. The molecule has 0 spiro atoms. The number of carbonyl (C=O) groups is 2. The van der Waals surface area contributed by atoms with Crippen LogP contribution in [0.15, 0.2) is 0 Å². The second-order valence-electron chi connectivity index (χ2n) is 2.87. The molecule has 82 valence electrons. The van der Waals surface area contributed by atoms with Crippen LogP contribution in [0.1, 0.15) is 21.8 Å². The zero-order valence-electron chi connectivity index (χ0n) is 8.11. The van der Waals surface area contributed by atoms with Crippen molar-refractivity contribution in [1.82, 2.24) is 10.3 Å². The van der Waals surface area contributed by atoms with Crippen LogP contribution >= 0.6 is 11.3 Å². The van der Waals surface area contributed by atoms with Crippen LogP contribution in [-0.2, 0) is 4.79 Å². The molecule has 0 aromatic carbocycles. The third-order valence-electron chi connectivity index (χ3n) is 1.64. The minimum atomic E-state index is -0.948. The van der Waals surface area contributed by atoms with E-state index in [-0.39, 0.29) is 18.9 Å². The number of rotatable bonds is 4. The van der Waals surface area contributed by atoms with Gasteiger partial charge in [0.15, 0.2) is 5.13 Å². The van der Waals surface area contributed by atoms with E-state index in [0.29, 0.717) is 15.7 Å². The number of thiazole rings is 1. The van der Waals surface area contributed by atoms with Crippen LogP contribution in [0.4, 0.5) is 5.13 Å². The normalized spacial score (nSPS) is 9.93. The smallest absolute Gasteiger partial charge is 0.305 e. The van der Waals surface area contributed by atoms with Crippen LogP contribution in [0, 0.1) is 6.92 Å². The highest BCUT2D eigenvalue weighted by Gasteiger charge is 2.13. The molecule has 1 aromatic rings. The number of anilines is 1. The molecule has 0 aliphatic rings. The highest BCUT2D eigenvalue weighted by atomic mass is 32.1. The Labute approximate surface area is 90.1 Å². The molecule has 0 saturated carbocycles. The second-order valence-corrected chi connectivity index (χ2v) is 3.90. The van der Waals surface area contributed by atoms with Crippen molar-refractivity contribution in [3.63, 3.8) is 0 Å². The summed E-state index contributed by atoms with van der Waals surface area (Å²) in [5.74, 6) is -1.28. The molecule has 0 radical (unpaired) electrons. The first-order valence-corrected chi connectivity index (χ1v) is 5.05. The topological polar surface area (TPSA) is 105 Å². The van der Waals surface area contributed by atoms with Crippen molar-refractivity contribution >= 4 is 28.3 Å². The molecular weight excluding hydrogens is 218 g/mol. The van der Waals surface area contributed by atoms with Gasteiger partial charge in [-0.3, -0.25) is 9.59 Å². The van der Waals surface area contributed by atoms with E-state index in [1.807, 2.05) is 0 Å². The molecule has 7 heteroatoms. The summed E-state index contributed by atoms with van der Waals surface area (Å²) in [6.07, 6.45) is -0.0981. The molecule has 1 rings (SSSR count). The largest absolute Gasteiger partial charge is 0.481 e. The van der Waals surface area contributed by atoms with Crippen molar-refractivity contribution in [2.75, 3.05) is 12.3 Å². The lowest BCUT2D eigenvalue weighted by atomic mass is 10.3. The third-order valence-corrected chi connectivity index (χ3v) is 2.63. The fraction of sp³-hybridized carbons (Fsp3) is 0.375. The van der Waals surface area contributed by atoms with Crippen molar-refractivity contribution in [2.24, 2.45) is 0 Å². The van der Waals surface area contributed by atoms with E-state index in [4.69, 9.17) is 10.8 Å². The number of nitrogens with two attached hydrogens (primary N) is 1. The van der Waals surface area contributed by atoms with Gasteiger partial charge >= 0.3 is 5.97 Å². The monoisotopic (exact) mass is 229 g/mol. The first-order chi connectivity index (χ1) is 7.00. The van der Waals surface area contributed by atoms with Gasteiger partial charge in [-0.2, -0.15) is 0 Å². The lowest BCUT2D eigenvalue weighted by Gasteiger charge is -2.00. The van der Waals surface area contributed by atoms with Gasteiger partial charge in [-0.1, -0.05) is 11.3 Å². The van der Waals surface area contributed by atoms with E-state index in [0.717, 1.165) is 11.3 Å². The lowest BCUT2D eigenvalue weighted by molar-refractivity contribution is -0.136. The van der Waals surface area contributed by atoms with E-state index in [1.54, 1.807) is 6.92 Å². The zero-order chi connectivity index (χ0) is 11.4. The number of amides is 1. The Morgan fingerprint density at radius 1 is 1.60 bits per heavy atom. The van der Waals surface area contributed by atoms with Gasteiger partial charge in [0.25, 0.3) is 5.91 Å². The molecule has 1 amide bonds. The Kier molecular flexibility index (Phi) is 3.62. The lowest BCUT2D eigenvalue weighted by Crippen LogP contribution is -2.25. The summed E-state index contributed by atoms with van der Waals surface area (Å²) in [4.78, 5) is 26.0. The number of hydrogen-bond acceptors (Lipinski definition) is 5. The number of aromatic nitrogens is 1. The molecule has 0 aliphatic carbocycles. The summed E-state index contributed by atoms with van der Waals surface area (Å²) in [6, 6.07) is 0. The second kappa shape index (κ2) is 4.74. The summed E-state index contributed by atoms with van der Waals surface area (Å²) in [7, 11) is 0. The predicted octanol–water partition coefficient (Wildman–Crippen LogP) is 0.238. The van der Waals surface area contributed by atoms with Gasteiger partial charge in [-0.25, -0.2) is 4.98 Å². The summed E-state index contributed by atoms with van der Waals surface area (Å²) >= 11 is 1.09. The maximum absolute atomic E-state index is 11.5. The fourth-order valence-corrected chi connectivity index (χ4v) is 1.74. The number of carbonyl (C=O) groups excluding carboxylic acids is 1. The quantitative estimate of drug-likeness (QED) is 0.685. The number of nitrogen functional groups attached to an aromatic ring is 1. The average molecular weight is 229 g/mol. The number of hydrogen-bond donors (Lipinski definition) is 3. The predicted molar refractivity (Wildman–Crippen MR) is 55.8 cm³/mol. The van der Waals surface area contributed by atoms with Gasteiger partial charge in [-0.05, 0) is 6.92 Å². The van der Waals surface area contributed by atoms with Crippen LogP contribution in [0.25, 0.3) is 0 Å². The molecule has 0 bridgehead atoms. The number of aliphatic carboxylic acids is 1. The highest BCUT2D eigenvalue weighted by Crippen LogP contribution is 2.19. The molecule has 0 saturated heterocycles. The van der Waals surface area contributed by atoms with E-state index in [1.165, 1.54) is 0 Å². The zero-order valence-corrected chi connectivity index (χ0v) is 8.93. The first kappa shape index (κ1) is 11.4. The Bertz CT molecular complexity index is 388. The number of nitrogens with one attached hydrogen (secondary N) is 1. The summed E-state index contributed by atoms with van der Waals surface area (Å²) < 4.78 is 0. The SMILES string of the molecule is Cc1nc(N)sc1C(=O)NCCC(=O)O. The standard InChI is InChI=1S/C8H11N3O3S/c1-4-6(15-8(9)11-4)7(14)10-3-2-5(12)13/h2-3H2,1H3,(H2,9,11)(H,10,14)(H,12,13). The van der Waals surface area contributed by atoms with Gasteiger partial charge in [0.05, 0.1) is 12.1 Å². The van der Waals surface area contributed by atoms with Crippen molar-refractivity contribution < 1.29 is 14.7 Å². The Morgan fingerprint density at radius 3 is 2.73 bits per heavy atom. The van der Waals surface area contributed by atoms with Gasteiger partial charge in [-0.15, -0.1) is 0 Å². The molecule has 1 heterocycles. The summed E-state index contributed by atoms with van der Waals surface area (Å²) in [5.41, 5.74) is 5.99. The number of carboxylic acid groups (broad SMARTS) is 1. The van der Waals surface area contributed by atoms with Gasteiger partial charge in [0.2, 0.25) is 0 Å². The summed E-state index contributed by atoms with van der Waals surface area (Å²) in [5, 5.41) is 11.2. The highest BCUT2D eigenvalue weighted by molar-refractivity contribution is 7.17. The minimum absolute atomic E-state index is 0.0981. The minimum Gasteiger partial charge on any atom is -0.481 e. The van der Waals surface area contributed by atoms with Crippen molar-refractivity contribution in [1.29, 1.82) is 0 Å². The molecule has 4 N–H and O–H groups in total. The van der Waals surface area contributed by atoms with Crippen LogP contribution < -0.4 is 11.1 Å². The Hall–Kier alpha value is -1.63. The van der Waals surface area contributed by atoms with Crippen LogP contribution in [0.2, 0.25) is 0 Å². The Balaban J connectivity index is 2.54. The van der Waals surface area contributed by atoms with Gasteiger partial charge in [0.1, 0.15) is 4.88 Å².